The maximum Gasteiger partial charge on any atom is 0.222 e. The molecule has 3 saturated heterocycles. The lowest BCUT2D eigenvalue weighted by molar-refractivity contribution is -0.132. The van der Waals surface area contributed by atoms with Crippen LogP contribution in [0.5, 0.6) is 0 Å². The van der Waals surface area contributed by atoms with E-state index in [0.29, 0.717) is 37.5 Å². The van der Waals surface area contributed by atoms with Gasteiger partial charge in [-0.15, -0.1) is 0 Å². The van der Waals surface area contributed by atoms with Gasteiger partial charge in [0.15, 0.2) is 9.84 Å². The number of carbonyl (C=O) groups excluding carboxylic acids is 1. The van der Waals surface area contributed by atoms with Gasteiger partial charge in [0.05, 0.1) is 10.5 Å². The summed E-state index contributed by atoms with van der Waals surface area (Å²) in [6.07, 6.45) is 5.26. The van der Waals surface area contributed by atoms with Gasteiger partial charge in [0.25, 0.3) is 0 Å². The minimum absolute atomic E-state index is 0.100. The number of nitrogens with zero attached hydrogens (tertiary/aromatic N) is 1. The summed E-state index contributed by atoms with van der Waals surface area (Å²) in [6, 6.07) is 1.19. The Bertz CT molecular complexity index is 517. The fourth-order valence-electron chi connectivity index (χ4n) is 4.07. The molecule has 0 spiro atoms. The Kier molecular flexibility index (Phi) is 3.81. The molecule has 2 bridgehead atoms. The van der Waals surface area contributed by atoms with Crippen molar-refractivity contribution in [3.63, 3.8) is 0 Å². The maximum atomic E-state index is 12.5. The first-order chi connectivity index (χ1) is 9.77. The van der Waals surface area contributed by atoms with Gasteiger partial charge < -0.3 is 10.2 Å². The largest absolute Gasteiger partial charge is 0.340 e. The summed E-state index contributed by atoms with van der Waals surface area (Å²) in [5.41, 5.74) is 0. The van der Waals surface area contributed by atoms with E-state index in [1.54, 1.807) is 18.7 Å². The van der Waals surface area contributed by atoms with Crippen molar-refractivity contribution < 1.29 is 13.2 Å². The molecule has 0 aromatic carbocycles. The first-order valence-electron chi connectivity index (χ1n) is 8.03. The number of nitrogens with one attached hydrogen (secondary N) is 1. The molecular formula is C15H26N2O3S. The summed E-state index contributed by atoms with van der Waals surface area (Å²) < 4.78 is 23.2. The molecule has 6 heteroatoms. The van der Waals surface area contributed by atoms with Gasteiger partial charge in [-0.1, -0.05) is 0 Å². The van der Waals surface area contributed by atoms with Gasteiger partial charge in [0, 0.05) is 31.6 Å². The Balaban J connectivity index is 1.59. The highest BCUT2D eigenvalue weighted by Crippen LogP contribution is 2.33. The molecule has 0 aromatic rings. The third kappa shape index (κ3) is 2.97. The van der Waals surface area contributed by atoms with Gasteiger partial charge in [-0.3, -0.25) is 4.79 Å². The molecule has 21 heavy (non-hydrogen) atoms. The Morgan fingerprint density at radius 3 is 2.43 bits per heavy atom. The molecular weight excluding hydrogens is 288 g/mol. The van der Waals surface area contributed by atoms with Crippen LogP contribution in [0.4, 0.5) is 0 Å². The van der Waals surface area contributed by atoms with Gasteiger partial charge in [-0.25, -0.2) is 8.42 Å². The second-order valence-electron chi connectivity index (χ2n) is 7.57. The minimum atomic E-state index is -3.07. The van der Waals surface area contributed by atoms with Crippen molar-refractivity contribution >= 4 is 15.7 Å². The quantitative estimate of drug-likeness (QED) is 0.824. The lowest BCUT2D eigenvalue weighted by Crippen LogP contribution is -2.55. The summed E-state index contributed by atoms with van der Waals surface area (Å²) in [6.45, 7) is 4.16. The molecule has 5 nitrogen and oxygen atoms in total. The highest BCUT2D eigenvalue weighted by Gasteiger charge is 2.42. The predicted molar refractivity (Wildman–Crippen MR) is 81.7 cm³/mol. The number of hydrogen-bond acceptors (Lipinski definition) is 4. The van der Waals surface area contributed by atoms with Gasteiger partial charge in [0.1, 0.15) is 0 Å². The van der Waals surface area contributed by atoms with Crippen LogP contribution in [-0.2, 0) is 14.6 Å². The first-order valence-corrected chi connectivity index (χ1v) is 9.68. The Morgan fingerprint density at radius 2 is 1.86 bits per heavy atom. The summed E-state index contributed by atoms with van der Waals surface area (Å²) in [7, 11) is -3.07. The Hall–Kier alpha value is -0.620. The van der Waals surface area contributed by atoms with Crippen LogP contribution in [0, 0.1) is 5.92 Å². The Morgan fingerprint density at radius 1 is 1.24 bits per heavy atom. The molecule has 3 aliphatic heterocycles. The molecule has 0 aromatic heterocycles. The van der Waals surface area contributed by atoms with Crippen LogP contribution in [0.2, 0.25) is 0 Å². The van der Waals surface area contributed by atoms with Crippen molar-refractivity contribution in [2.24, 2.45) is 5.92 Å². The zero-order chi connectivity index (χ0) is 15.3. The summed E-state index contributed by atoms with van der Waals surface area (Å²) in [4.78, 5) is 14.3. The first kappa shape index (κ1) is 15.3. The maximum absolute atomic E-state index is 12.5. The normalized spacial score (nSPS) is 37.4. The van der Waals surface area contributed by atoms with Gasteiger partial charge in [-0.05, 0) is 45.4 Å². The van der Waals surface area contributed by atoms with E-state index in [1.807, 2.05) is 0 Å². The number of amides is 1. The third-order valence-electron chi connectivity index (χ3n) is 5.43. The number of rotatable bonds is 2. The van der Waals surface area contributed by atoms with E-state index in [4.69, 9.17) is 0 Å². The summed E-state index contributed by atoms with van der Waals surface area (Å²) >= 11 is 0. The molecule has 3 heterocycles. The highest BCUT2D eigenvalue weighted by atomic mass is 32.2. The van der Waals surface area contributed by atoms with E-state index in [-0.39, 0.29) is 11.7 Å². The zero-order valence-electron chi connectivity index (χ0n) is 13.0. The third-order valence-corrected chi connectivity index (χ3v) is 7.96. The van der Waals surface area contributed by atoms with E-state index >= 15 is 0 Å². The van der Waals surface area contributed by atoms with Crippen molar-refractivity contribution in [1.29, 1.82) is 0 Å². The topological polar surface area (TPSA) is 66.5 Å². The van der Waals surface area contributed by atoms with E-state index in [9.17, 15) is 13.2 Å². The van der Waals surface area contributed by atoms with Crippen LogP contribution in [0.15, 0.2) is 0 Å². The fourth-order valence-corrected chi connectivity index (χ4v) is 5.44. The van der Waals surface area contributed by atoms with E-state index < -0.39 is 14.6 Å². The van der Waals surface area contributed by atoms with Gasteiger partial charge in [-0.2, -0.15) is 0 Å². The molecule has 0 aliphatic carbocycles. The van der Waals surface area contributed by atoms with Crippen LogP contribution >= 0.6 is 0 Å². The van der Waals surface area contributed by atoms with Crippen LogP contribution in [0.25, 0.3) is 0 Å². The number of piperidine rings is 1. The lowest BCUT2D eigenvalue weighted by Gasteiger charge is -2.38. The number of carbonyl (C=O) groups is 1. The molecule has 1 N–H and O–H groups in total. The molecule has 3 fully saturated rings. The average molecular weight is 314 g/mol. The number of sulfone groups is 1. The van der Waals surface area contributed by atoms with Crippen LogP contribution in [0.1, 0.15) is 46.0 Å². The molecule has 2 atom stereocenters. The monoisotopic (exact) mass is 314 g/mol. The molecule has 2 unspecified atom stereocenters. The SMILES string of the molecule is CC1(C)CN(C(=O)CC2CC3CCC(C2)N3)CCS1(=O)=O. The van der Waals surface area contributed by atoms with Crippen molar-refractivity contribution in [2.75, 3.05) is 18.8 Å². The second kappa shape index (κ2) is 5.23. The molecule has 3 aliphatic rings. The smallest absolute Gasteiger partial charge is 0.222 e. The molecule has 3 rings (SSSR count). The van der Waals surface area contributed by atoms with E-state index in [1.165, 1.54) is 12.8 Å². The number of hydrogen-bond donors (Lipinski definition) is 1. The standard InChI is InChI=1S/C15H26N2O3S/c1-15(2)10-17(5-6-21(15,19)20)14(18)9-11-7-12-3-4-13(8-11)16-12/h11-13,16H,3-10H2,1-2H3. The molecule has 120 valence electrons. The van der Waals surface area contributed by atoms with Crippen molar-refractivity contribution in [2.45, 2.75) is 62.8 Å². The van der Waals surface area contributed by atoms with Gasteiger partial charge >= 0.3 is 0 Å². The Labute approximate surface area is 127 Å². The second-order valence-corrected chi connectivity index (χ2v) is 10.3. The average Bonchev–Trinajstić information content (AvgIpc) is 2.72. The van der Waals surface area contributed by atoms with Crippen molar-refractivity contribution in [3.05, 3.63) is 0 Å². The molecule has 0 radical (unpaired) electrons. The fraction of sp³-hybridized carbons (Fsp3) is 0.933. The van der Waals surface area contributed by atoms with Crippen molar-refractivity contribution in [3.8, 4) is 0 Å². The predicted octanol–water partition coefficient (Wildman–Crippen LogP) is 0.943. The minimum Gasteiger partial charge on any atom is -0.340 e. The van der Waals surface area contributed by atoms with E-state index in [0.717, 1.165) is 12.8 Å². The highest BCUT2D eigenvalue weighted by molar-refractivity contribution is 7.92. The van der Waals surface area contributed by atoms with Crippen molar-refractivity contribution in [1.82, 2.24) is 10.2 Å². The lowest BCUT2D eigenvalue weighted by atomic mass is 9.89. The van der Waals surface area contributed by atoms with Crippen LogP contribution in [0.3, 0.4) is 0 Å². The van der Waals surface area contributed by atoms with Gasteiger partial charge in [0.2, 0.25) is 5.91 Å². The molecule has 0 saturated carbocycles. The van der Waals surface area contributed by atoms with E-state index in [2.05, 4.69) is 5.32 Å². The van der Waals surface area contributed by atoms with Crippen LogP contribution in [-0.4, -0.2) is 54.9 Å². The summed E-state index contributed by atoms with van der Waals surface area (Å²) in [5.74, 6) is 0.714. The molecule has 1 amide bonds. The number of fused-ring (bicyclic) bond motifs is 2. The summed E-state index contributed by atoms with van der Waals surface area (Å²) in [5, 5.41) is 3.59. The zero-order valence-corrected chi connectivity index (χ0v) is 13.8. The van der Waals surface area contributed by atoms with Crippen LogP contribution < -0.4 is 5.32 Å².